The predicted molar refractivity (Wildman–Crippen MR) is 73.9 cm³/mol. The number of nitrogens with zero attached hydrogens (tertiary/aromatic N) is 1. The van der Waals surface area contributed by atoms with Gasteiger partial charge in [-0.2, -0.15) is 0 Å². The van der Waals surface area contributed by atoms with E-state index in [9.17, 15) is 31.3 Å². The number of hydrogen-bond acceptors (Lipinski definition) is 6. The number of non-ortho nitro benzene ring substituents is 1. The largest absolute Gasteiger partial charge is 0.272 e. The summed E-state index contributed by atoms with van der Waals surface area (Å²) >= 11 is 2.67. The van der Waals surface area contributed by atoms with Crippen LogP contribution >= 0.6 is 15.9 Å². The van der Waals surface area contributed by atoms with Crippen LogP contribution in [0.2, 0.25) is 0 Å². The van der Waals surface area contributed by atoms with Gasteiger partial charge in [-0.15, -0.1) is 0 Å². The molecule has 3 N–H and O–H groups in total. The van der Waals surface area contributed by atoms with Crippen molar-refractivity contribution in [2.45, 2.75) is 4.90 Å². The van der Waals surface area contributed by atoms with Crippen molar-refractivity contribution in [2.24, 2.45) is 5.14 Å². The zero-order chi connectivity index (χ0) is 16.4. The molecule has 0 saturated carbocycles. The second-order valence-electron chi connectivity index (χ2n) is 3.76. The van der Waals surface area contributed by atoms with Crippen LogP contribution in [0.4, 0.5) is 10.1 Å². The highest BCUT2D eigenvalue weighted by molar-refractivity contribution is 9.10. The van der Waals surface area contributed by atoms with Gasteiger partial charge in [-0.05, 0) is 15.9 Å². The highest BCUT2D eigenvalue weighted by atomic mass is 79.9. The van der Waals surface area contributed by atoms with Gasteiger partial charge in [0.1, 0.15) is 4.90 Å². The van der Waals surface area contributed by atoms with Crippen molar-refractivity contribution in [3.05, 3.63) is 32.5 Å². The van der Waals surface area contributed by atoms with Gasteiger partial charge in [-0.3, -0.25) is 10.1 Å². The Morgan fingerprint density at radius 2 is 1.90 bits per heavy atom. The summed E-state index contributed by atoms with van der Waals surface area (Å²) in [7, 11) is -8.38. The molecule has 1 rings (SSSR count). The van der Waals surface area contributed by atoms with Gasteiger partial charge in [0.25, 0.3) is 5.69 Å². The average Bonchev–Trinajstić information content (AvgIpc) is 2.29. The van der Waals surface area contributed by atoms with Crippen molar-refractivity contribution in [1.82, 2.24) is 4.72 Å². The van der Waals surface area contributed by atoms with Crippen molar-refractivity contribution in [1.29, 1.82) is 0 Å². The summed E-state index contributed by atoms with van der Waals surface area (Å²) in [5.41, 5.74) is -0.643. The Bertz CT molecular complexity index is 779. The van der Waals surface area contributed by atoms with E-state index < -0.39 is 58.1 Å². The Morgan fingerprint density at radius 1 is 1.33 bits per heavy atom. The minimum Gasteiger partial charge on any atom is -0.258 e. The van der Waals surface area contributed by atoms with Crippen molar-refractivity contribution in [2.75, 3.05) is 12.3 Å². The van der Waals surface area contributed by atoms with Gasteiger partial charge in [0.15, 0.2) is 5.82 Å². The Hall–Kier alpha value is -1.15. The van der Waals surface area contributed by atoms with E-state index in [0.717, 1.165) is 6.07 Å². The first-order chi connectivity index (χ1) is 9.44. The van der Waals surface area contributed by atoms with Gasteiger partial charge in [-0.25, -0.2) is 31.1 Å². The summed E-state index contributed by atoms with van der Waals surface area (Å²) in [6, 6.07) is 1.33. The molecule has 1 aromatic rings. The average molecular weight is 406 g/mol. The van der Waals surface area contributed by atoms with E-state index in [4.69, 9.17) is 0 Å². The number of nitro groups is 1. The van der Waals surface area contributed by atoms with E-state index in [1.54, 1.807) is 4.72 Å². The first-order valence-electron chi connectivity index (χ1n) is 5.07. The number of hydrogen-bond donors (Lipinski definition) is 2. The minimum atomic E-state index is -4.47. The van der Waals surface area contributed by atoms with Crippen LogP contribution in [-0.2, 0) is 20.0 Å². The van der Waals surface area contributed by atoms with E-state index >= 15 is 0 Å². The van der Waals surface area contributed by atoms with Crippen LogP contribution in [0.5, 0.6) is 0 Å². The zero-order valence-electron chi connectivity index (χ0n) is 10.1. The van der Waals surface area contributed by atoms with Gasteiger partial charge >= 0.3 is 0 Å². The molecule has 0 unspecified atom stereocenters. The lowest BCUT2D eigenvalue weighted by atomic mass is 10.3. The summed E-state index contributed by atoms with van der Waals surface area (Å²) in [5.74, 6) is -1.94. The zero-order valence-corrected chi connectivity index (χ0v) is 13.3. The molecule has 0 heterocycles. The maximum Gasteiger partial charge on any atom is 0.272 e. The fourth-order valence-electron chi connectivity index (χ4n) is 1.25. The molecule has 21 heavy (non-hydrogen) atoms. The van der Waals surface area contributed by atoms with Gasteiger partial charge in [0.05, 0.1) is 15.1 Å². The molecule has 0 aliphatic carbocycles. The van der Waals surface area contributed by atoms with Crippen molar-refractivity contribution >= 4 is 41.7 Å². The fourth-order valence-corrected chi connectivity index (χ4v) is 3.49. The minimum absolute atomic E-state index is 0.413. The van der Waals surface area contributed by atoms with E-state index in [1.807, 2.05) is 0 Å². The molecule has 0 aliphatic rings. The van der Waals surface area contributed by atoms with E-state index in [0.29, 0.717) is 6.07 Å². The predicted octanol–water partition coefficient (Wildman–Crippen LogP) is 0.0632. The quantitative estimate of drug-likeness (QED) is 0.504. The third kappa shape index (κ3) is 4.96. The van der Waals surface area contributed by atoms with Crippen LogP contribution in [0.3, 0.4) is 0 Å². The van der Waals surface area contributed by atoms with Crippen molar-refractivity contribution in [3.8, 4) is 0 Å². The SMILES string of the molecule is NS(=O)(=O)CCNS(=O)(=O)c1cc([N+](=O)[O-])cc(Br)c1F. The first kappa shape index (κ1) is 17.9. The molecule has 0 atom stereocenters. The molecule has 0 amide bonds. The maximum atomic E-state index is 13.8. The summed E-state index contributed by atoms with van der Waals surface area (Å²) < 4.78 is 60.2. The van der Waals surface area contributed by atoms with Crippen LogP contribution in [0.15, 0.2) is 21.5 Å². The molecular formula is C8H9BrFN3O6S2. The molecule has 0 aromatic heterocycles. The number of benzene rings is 1. The lowest BCUT2D eigenvalue weighted by molar-refractivity contribution is -0.385. The number of primary sulfonamides is 1. The Labute approximate surface area is 127 Å². The molecule has 0 fully saturated rings. The summed E-state index contributed by atoms with van der Waals surface area (Å²) in [6.07, 6.45) is 0. The van der Waals surface area contributed by atoms with Crippen LogP contribution in [0, 0.1) is 15.9 Å². The molecule has 9 nitrogen and oxygen atoms in total. The van der Waals surface area contributed by atoms with E-state index in [2.05, 4.69) is 21.1 Å². The molecule has 118 valence electrons. The topological polar surface area (TPSA) is 149 Å². The number of rotatable bonds is 6. The van der Waals surface area contributed by atoms with Crippen LogP contribution in [0.1, 0.15) is 0 Å². The first-order valence-corrected chi connectivity index (χ1v) is 9.07. The van der Waals surface area contributed by atoms with Crippen LogP contribution < -0.4 is 9.86 Å². The molecule has 0 radical (unpaired) electrons. The second kappa shape index (κ2) is 6.31. The van der Waals surface area contributed by atoms with Crippen LogP contribution in [-0.4, -0.2) is 34.1 Å². The van der Waals surface area contributed by atoms with Gasteiger partial charge in [0, 0.05) is 18.7 Å². The highest BCUT2D eigenvalue weighted by Gasteiger charge is 2.25. The number of halogens is 2. The van der Waals surface area contributed by atoms with Crippen LogP contribution in [0.25, 0.3) is 0 Å². The smallest absolute Gasteiger partial charge is 0.258 e. The Morgan fingerprint density at radius 3 is 2.38 bits per heavy atom. The summed E-state index contributed by atoms with van der Waals surface area (Å²) in [6.45, 7) is -0.596. The van der Waals surface area contributed by atoms with E-state index in [-0.39, 0.29) is 0 Å². The number of sulfonamides is 2. The molecule has 0 spiro atoms. The summed E-state index contributed by atoms with van der Waals surface area (Å²) in [5, 5.41) is 15.3. The monoisotopic (exact) mass is 405 g/mol. The molecular weight excluding hydrogens is 397 g/mol. The van der Waals surface area contributed by atoms with Gasteiger partial charge < -0.3 is 0 Å². The number of nitro benzene ring substituents is 1. The number of nitrogens with two attached hydrogens (primary N) is 1. The van der Waals surface area contributed by atoms with Gasteiger partial charge in [-0.1, -0.05) is 0 Å². The second-order valence-corrected chi connectivity index (χ2v) is 8.09. The lowest BCUT2D eigenvalue weighted by Gasteiger charge is -2.08. The third-order valence-corrected chi connectivity index (χ3v) is 4.97. The molecule has 0 bridgehead atoms. The van der Waals surface area contributed by atoms with Crippen molar-refractivity contribution < 1.29 is 26.1 Å². The van der Waals surface area contributed by atoms with Crippen molar-refractivity contribution in [3.63, 3.8) is 0 Å². The number of nitrogens with one attached hydrogen (secondary N) is 1. The lowest BCUT2D eigenvalue weighted by Crippen LogP contribution is -2.32. The normalized spacial score (nSPS) is 12.3. The van der Waals surface area contributed by atoms with E-state index in [1.165, 1.54) is 0 Å². The molecule has 0 saturated heterocycles. The highest BCUT2D eigenvalue weighted by Crippen LogP contribution is 2.28. The third-order valence-electron chi connectivity index (χ3n) is 2.16. The standard InChI is InChI=1S/C8H9BrFN3O6S2/c9-6-3-5(13(14)15)4-7(8(6)10)21(18,19)12-1-2-20(11,16)17/h3-4,12H,1-2H2,(H2,11,16,17). The summed E-state index contributed by atoms with van der Waals surface area (Å²) in [4.78, 5) is 8.77. The molecule has 0 aliphatic heterocycles. The fraction of sp³-hybridized carbons (Fsp3) is 0.250. The Kier molecular flexibility index (Phi) is 5.38. The Balaban J connectivity index is 3.16. The molecule has 1 aromatic carbocycles. The molecule has 13 heteroatoms. The maximum absolute atomic E-state index is 13.8. The van der Waals surface area contributed by atoms with Gasteiger partial charge in [0.2, 0.25) is 20.0 Å².